The maximum atomic E-state index is 12.8. The molecule has 6 heteroatoms. The van der Waals surface area contributed by atoms with Gasteiger partial charge in [0.05, 0.1) is 0 Å². The van der Waals surface area contributed by atoms with Gasteiger partial charge in [-0.25, -0.2) is 8.96 Å². The van der Waals surface area contributed by atoms with E-state index in [-0.39, 0.29) is 5.75 Å². The zero-order valence-corrected chi connectivity index (χ0v) is 8.11. The Bertz CT molecular complexity index is 325. The normalized spacial score (nSPS) is 11.2. The van der Waals surface area contributed by atoms with Gasteiger partial charge in [0, 0.05) is 22.5 Å². The van der Waals surface area contributed by atoms with Crippen LogP contribution in [0.25, 0.3) is 0 Å². The van der Waals surface area contributed by atoms with Crippen LogP contribution in [0.1, 0.15) is 0 Å². The molecule has 0 heterocycles. The van der Waals surface area contributed by atoms with Crippen molar-refractivity contribution in [2.45, 2.75) is 0 Å². The molecule has 1 aromatic carbocycles. The van der Waals surface area contributed by atoms with Gasteiger partial charge in [-0.2, -0.15) is 0 Å². The highest BCUT2D eigenvalue weighted by Gasteiger charge is 2.17. The lowest BCUT2D eigenvalue weighted by atomic mass is 10.3. The van der Waals surface area contributed by atoms with Gasteiger partial charge in [-0.15, -0.1) is 0 Å². The van der Waals surface area contributed by atoms with Crippen LogP contribution in [0.4, 0.5) is 4.39 Å². The Morgan fingerprint density at radius 1 is 1.33 bits per heavy atom. The molecule has 0 amide bonds. The summed E-state index contributed by atoms with van der Waals surface area (Å²) in [5.74, 6) is -0.871. The fraction of sp³-hybridized carbons (Fsp3) is 0. The Balaban J connectivity index is 2.90. The quantitative estimate of drug-likeness (QED) is 0.721. The van der Waals surface area contributed by atoms with Crippen molar-refractivity contribution in [3.05, 3.63) is 30.1 Å². The van der Waals surface area contributed by atoms with Gasteiger partial charge in [-0.1, -0.05) is 12.1 Å². The van der Waals surface area contributed by atoms with E-state index in [9.17, 15) is 8.96 Å². The van der Waals surface area contributed by atoms with E-state index in [1.807, 2.05) is 0 Å². The van der Waals surface area contributed by atoms with Crippen LogP contribution in [0.5, 0.6) is 5.75 Å². The van der Waals surface area contributed by atoms with Crippen molar-refractivity contribution >= 4 is 28.6 Å². The summed E-state index contributed by atoms with van der Waals surface area (Å²) in [7, 11) is 0. The summed E-state index contributed by atoms with van der Waals surface area (Å²) in [6, 6.07) is 5.42. The highest BCUT2D eigenvalue weighted by molar-refractivity contribution is 8.05. The summed E-state index contributed by atoms with van der Waals surface area (Å²) in [5, 5.41) is 0. The fourth-order valence-corrected chi connectivity index (χ4v) is 1.46. The molecule has 0 aromatic heterocycles. The third-order valence-corrected chi connectivity index (χ3v) is 1.86. The van der Waals surface area contributed by atoms with Gasteiger partial charge in [0.15, 0.2) is 11.6 Å². The van der Waals surface area contributed by atoms with Crippen molar-refractivity contribution in [3.8, 4) is 5.75 Å². The Hall–Kier alpha value is -0.240. The molecule has 0 bridgehead atoms. The molecule has 1 aromatic rings. The Kier molecular flexibility index (Phi) is 2.99. The van der Waals surface area contributed by atoms with Crippen molar-refractivity contribution in [2.75, 3.05) is 0 Å². The van der Waals surface area contributed by atoms with E-state index in [4.69, 9.17) is 22.5 Å². The van der Waals surface area contributed by atoms with Crippen LogP contribution in [0, 0.1) is 5.82 Å². The van der Waals surface area contributed by atoms with E-state index < -0.39 is 11.9 Å². The lowest BCUT2D eigenvalue weighted by molar-refractivity contribution is 0.484. The Morgan fingerprint density at radius 2 is 1.92 bits per heavy atom. The molecule has 66 valence electrons. The van der Waals surface area contributed by atoms with Crippen LogP contribution in [0.15, 0.2) is 24.3 Å². The van der Waals surface area contributed by atoms with E-state index in [0.717, 1.165) is 6.07 Å². The number of para-hydroxylation sites is 1. The molecule has 0 atom stereocenters. The molecule has 0 fully saturated rings. The smallest absolute Gasteiger partial charge is 0.419 e. The van der Waals surface area contributed by atoms with Crippen LogP contribution in [0.2, 0.25) is 0 Å². The average Bonchev–Trinajstić information content (AvgIpc) is 1.91. The van der Waals surface area contributed by atoms with Gasteiger partial charge in [0.25, 0.3) is 0 Å². The summed E-state index contributed by atoms with van der Waals surface area (Å²) in [6.45, 7) is 0. The highest BCUT2D eigenvalue weighted by atomic mass is 35.9. The molecule has 0 saturated heterocycles. The Labute approximate surface area is 78.3 Å². The first-order valence-corrected chi connectivity index (χ1v) is 6.36. The van der Waals surface area contributed by atoms with Crippen molar-refractivity contribution in [2.24, 2.45) is 0 Å². The van der Waals surface area contributed by atoms with Crippen molar-refractivity contribution in [3.63, 3.8) is 0 Å². The predicted molar refractivity (Wildman–Crippen MR) is 46.3 cm³/mol. The van der Waals surface area contributed by atoms with Gasteiger partial charge in [0.1, 0.15) is 0 Å². The van der Waals surface area contributed by atoms with Crippen LogP contribution in [0.3, 0.4) is 0 Å². The molecule has 0 N–H and O–H groups in total. The van der Waals surface area contributed by atoms with Gasteiger partial charge >= 0.3 is 6.07 Å². The second-order valence-electron chi connectivity index (χ2n) is 1.94. The molecule has 0 aliphatic heterocycles. The van der Waals surface area contributed by atoms with E-state index in [2.05, 4.69) is 4.52 Å². The third kappa shape index (κ3) is 3.02. The molecule has 1 rings (SSSR count). The van der Waals surface area contributed by atoms with E-state index in [0.29, 0.717) is 0 Å². The molecular weight excluding hydrogens is 225 g/mol. The van der Waals surface area contributed by atoms with Crippen molar-refractivity contribution in [1.29, 1.82) is 0 Å². The SMILES string of the molecule is O=P(Cl)(Cl)Oc1ccccc1F. The molecule has 2 nitrogen and oxygen atoms in total. The molecule has 12 heavy (non-hydrogen) atoms. The minimum atomic E-state index is -3.71. The molecular formula is C6H4Cl2FO2P. The number of rotatable bonds is 2. The van der Waals surface area contributed by atoms with Crippen LogP contribution < -0.4 is 4.52 Å². The molecule has 0 aliphatic rings. The first kappa shape index (κ1) is 9.85. The molecule has 0 aliphatic carbocycles. The number of hydrogen-bond acceptors (Lipinski definition) is 2. The van der Waals surface area contributed by atoms with Crippen LogP contribution >= 0.6 is 28.6 Å². The van der Waals surface area contributed by atoms with Crippen molar-refractivity contribution < 1.29 is 13.5 Å². The molecule has 0 spiro atoms. The van der Waals surface area contributed by atoms with Gasteiger partial charge < -0.3 is 4.52 Å². The minimum absolute atomic E-state index is 0.217. The standard InChI is InChI=1S/C6H4Cl2FO2P/c7-12(8,10)11-6-4-2-1-3-5(6)9/h1-4H. The van der Waals surface area contributed by atoms with Crippen LogP contribution in [-0.4, -0.2) is 0 Å². The van der Waals surface area contributed by atoms with Gasteiger partial charge in [-0.3, -0.25) is 0 Å². The van der Waals surface area contributed by atoms with Gasteiger partial charge in [-0.05, 0) is 12.1 Å². The maximum Gasteiger partial charge on any atom is 0.428 e. The summed E-state index contributed by atoms with van der Waals surface area (Å²) in [6.07, 6.45) is -3.71. The lowest BCUT2D eigenvalue weighted by Crippen LogP contribution is -1.85. The zero-order chi connectivity index (χ0) is 9.19. The topological polar surface area (TPSA) is 26.3 Å². The first-order valence-electron chi connectivity index (χ1n) is 2.92. The summed E-state index contributed by atoms with van der Waals surface area (Å²) in [4.78, 5) is 0. The number of benzene rings is 1. The largest absolute Gasteiger partial charge is 0.428 e. The summed E-state index contributed by atoms with van der Waals surface area (Å²) >= 11 is 10.1. The number of halogens is 3. The average molecular weight is 229 g/mol. The van der Waals surface area contributed by atoms with Crippen LogP contribution in [-0.2, 0) is 4.57 Å². The maximum absolute atomic E-state index is 12.8. The fourth-order valence-electron chi connectivity index (χ4n) is 0.633. The number of hydrogen-bond donors (Lipinski definition) is 0. The molecule has 0 saturated carbocycles. The lowest BCUT2D eigenvalue weighted by Gasteiger charge is -2.05. The Morgan fingerprint density at radius 3 is 2.42 bits per heavy atom. The predicted octanol–water partition coefficient (Wildman–Crippen LogP) is 3.79. The van der Waals surface area contributed by atoms with E-state index >= 15 is 0 Å². The summed E-state index contributed by atoms with van der Waals surface area (Å²) in [5.41, 5.74) is 0. The highest BCUT2D eigenvalue weighted by Crippen LogP contribution is 2.57. The second-order valence-corrected chi connectivity index (χ2v) is 6.14. The van der Waals surface area contributed by atoms with E-state index in [1.165, 1.54) is 18.2 Å². The summed E-state index contributed by atoms with van der Waals surface area (Å²) < 4.78 is 27.9. The minimum Gasteiger partial charge on any atom is -0.419 e. The first-order chi connectivity index (χ1) is 5.49. The molecule has 0 radical (unpaired) electrons. The monoisotopic (exact) mass is 228 g/mol. The van der Waals surface area contributed by atoms with Crippen molar-refractivity contribution in [1.82, 2.24) is 0 Å². The van der Waals surface area contributed by atoms with Gasteiger partial charge in [0.2, 0.25) is 0 Å². The second kappa shape index (κ2) is 3.65. The third-order valence-electron chi connectivity index (χ3n) is 1.04. The molecule has 0 unspecified atom stereocenters. The van der Waals surface area contributed by atoms with E-state index in [1.54, 1.807) is 0 Å². The zero-order valence-electron chi connectivity index (χ0n) is 5.71.